The van der Waals surface area contributed by atoms with Gasteiger partial charge in [-0.1, -0.05) is 13.8 Å². The Morgan fingerprint density at radius 2 is 2.00 bits per heavy atom. The van der Waals surface area contributed by atoms with E-state index in [1.165, 1.54) is 0 Å². The van der Waals surface area contributed by atoms with E-state index >= 15 is 0 Å². The van der Waals surface area contributed by atoms with E-state index < -0.39 is 0 Å². The van der Waals surface area contributed by atoms with Gasteiger partial charge in [-0.05, 0) is 13.0 Å². The molecule has 10 heavy (non-hydrogen) atoms. The van der Waals surface area contributed by atoms with Crippen molar-refractivity contribution in [3.05, 3.63) is 0 Å². The van der Waals surface area contributed by atoms with Crippen LogP contribution in [0, 0.1) is 0 Å². The molecular weight excluding hydrogens is 126 g/mol. The molecule has 0 saturated carbocycles. The van der Waals surface area contributed by atoms with Gasteiger partial charge in [-0.3, -0.25) is 4.90 Å². The Labute approximate surface area is 63.2 Å². The second-order valence-corrected chi connectivity index (χ2v) is 3.04. The first-order chi connectivity index (χ1) is 4.76. The van der Waals surface area contributed by atoms with Crippen LogP contribution in [-0.4, -0.2) is 37.2 Å². The van der Waals surface area contributed by atoms with E-state index in [1.54, 1.807) is 0 Å². The third-order valence-corrected chi connectivity index (χ3v) is 2.55. The maximum atomic E-state index is 5.41. The van der Waals surface area contributed by atoms with Crippen molar-refractivity contribution in [1.29, 1.82) is 0 Å². The molecule has 2 heteroatoms. The minimum Gasteiger partial charge on any atom is -0.376 e. The molecule has 0 spiro atoms. The zero-order valence-corrected chi connectivity index (χ0v) is 7.18. The second-order valence-electron chi connectivity index (χ2n) is 3.04. The lowest BCUT2D eigenvalue weighted by Crippen LogP contribution is -2.62. The molecule has 0 aromatic carbocycles. The lowest BCUT2D eigenvalue weighted by molar-refractivity contribution is -0.124. The summed E-state index contributed by atoms with van der Waals surface area (Å²) in [4.78, 5) is 2.40. The molecule has 60 valence electrons. The summed E-state index contributed by atoms with van der Waals surface area (Å²) in [5.41, 5.74) is 0.204. The van der Waals surface area contributed by atoms with Gasteiger partial charge >= 0.3 is 0 Å². The first kappa shape index (κ1) is 8.02. The van der Waals surface area contributed by atoms with Crippen molar-refractivity contribution >= 4 is 0 Å². The number of likely N-dealkylation sites (tertiary alicyclic amines) is 1. The SMILES string of the molecule is CCN1CC(CC)(OC)C1. The number of nitrogens with zero attached hydrogens (tertiary/aromatic N) is 1. The predicted octanol–water partition coefficient (Wildman–Crippen LogP) is 1.12. The summed E-state index contributed by atoms with van der Waals surface area (Å²) < 4.78 is 5.41. The van der Waals surface area contributed by atoms with Crippen LogP contribution in [0.2, 0.25) is 0 Å². The van der Waals surface area contributed by atoms with Crippen molar-refractivity contribution in [3.63, 3.8) is 0 Å². The minimum absolute atomic E-state index is 0.204. The Morgan fingerprint density at radius 1 is 1.40 bits per heavy atom. The maximum absolute atomic E-state index is 5.41. The van der Waals surface area contributed by atoms with Gasteiger partial charge in [-0.25, -0.2) is 0 Å². The topological polar surface area (TPSA) is 12.5 Å². The van der Waals surface area contributed by atoms with Gasteiger partial charge in [0.1, 0.15) is 0 Å². The van der Waals surface area contributed by atoms with Gasteiger partial charge in [-0.2, -0.15) is 0 Å². The molecule has 1 heterocycles. The standard InChI is InChI=1S/C8H17NO/c1-4-8(10-3)6-9(5-2)7-8/h4-7H2,1-3H3. The number of hydrogen-bond acceptors (Lipinski definition) is 2. The third kappa shape index (κ3) is 1.18. The van der Waals surface area contributed by atoms with Crippen LogP contribution in [0.3, 0.4) is 0 Å². The summed E-state index contributed by atoms with van der Waals surface area (Å²) in [6.07, 6.45) is 1.14. The van der Waals surface area contributed by atoms with E-state index in [1.807, 2.05) is 7.11 Å². The fraction of sp³-hybridized carbons (Fsp3) is 1.00. The number of hydrogen-bond donors (Lipinski definition) is 0. The smallest absolute Gasteiger partial charge is 0.0928 e. The highest BCUT2D eigenvalue weighted by atomic mass is 16.5. The van der Waals surface area contributed by atoms with Gasteiger partial charge in [-0.15, -0.1) is 0 Å². The molecule has 0 aromatic heterocycles. The normalized spacial score (nSPS) is 24.3. The molecule has 1 fully saturated rings. The lowest BCUT2D eigenvalue weighted by Gasteiger charge is -2.48. The zero-order valence-electron chi connectivity index (χ0n) is 7.18. The molecule has 1 saturated heterocycles. The van der Waals surface area contributed by atoms with Crippen molar-refractivity contribution in [2.45, 2.75) is 25.9 Å². The summed E-state index contributed by atoms with van der Waals surface area (Å²) >= 11 is 0. The van der Waals surface area contributed by atoms with Crippen LogP contribution in [0.15, 0.2) is 0 Å². The van der Waals surface area contributed by atoms with Crippen LogP contribution in [0.4, 0.5) is 0 Å². The highest BCUT2D eigenvalue weighted by molar-refractivity contribution is 4.95. The minimum atomic E-state index is 0.204. The Balaban J connectivity index is 2.31. The molecule has 0 bridgehead atoms. The van der Waals surface area contributed by atoms with Crippen molar-refractivity contribution in [3.8, 4) is 0 Å². The van der Waals surface area contributed by atoms with Crippen molar-refractivity contribution in [2.75, 3.05) is 26.7 Å². The Hall–Kier alpha value is -0.0800. The zero-order chi connectivity index (χ0) is 7.61. The summed E-state index contributed by atoms with van der Waals surface area (Å²) in [6.45, 7) is 7.78. The van der Waals surface area contributed by atoms with Gasteiger partial charge in [0.25, 0.3) is 0 Å². The molecule has 1 aliphatic rings. The fourth-order valence-electron chi connectivity index (χ4n) is 1.49. The first-order valence-corrected chi connectivity index (χ1v) is 4.04. The van der Waals surface area contributed by atoms with E-state index in [9.17, 15) is 0 Å². The summed E-state index contributed by atoms with van der Waals surface area (Å²) in [6, 6.07) is 0. The molecule has 0 amide bonds. The fourth-order valence-corrected chi connectivity index (χ4v) is 1.49. The molecule has 0 atom stereocenters. The monoisotopic (exact) mass is 143 g/mol. The molecule has 0 radical (unpaired) electrons. The summed E-state index contributed by atoms with van der Waals surface area (Å²) in [5.74, 6) is 0. The molecule has 0 N–H and O–H groups in total. The molecule has 0 unspecified atom stereocenters. The van der Waals surface area contributed by atoms with Crippen LogP contribution in [0.25, 0.3) is 0 Å². The van der Waals surface area contributed by atoms with E-state index in [-0.39, 0.29) is 5.60 Å². The predicted molar refractivity (Wildman–Crippen MR) is 42.1 cm³/mol. The van der Waals surface area contributed by atoms with Crippen molar-refractivity contribution < 1.29 is 4.74 Å². The highest BCUT2D eigenvalue weighted by Crippen LogP contribution is 2.26. The van der Waals surface area contributed by atoms with Crippen LogP contribution in [0.1, 0.15) is 20.3 Å². The van der Waals surface area contributed by atoms with E-state index in [0.717, 1.165) is 26.1 Å². The molecule has 2 nitrogen and oxygen atoms in total. The van der Waals surface area contributed by atoms with E-state index in [4.69, 9.17) is 4.74 Å². The number of ether oxygens (including phenoxy) is 1. The van der Waals surface area contributed by atoms with Gasteiger partial charge in [0.2, 0.25) is 0 Å². The van der Waals surface area contributed by atoms with Crippen LogP contribution in [0.5, 0.6) is 0 Å². The molecule has 1 aliphatic heterocycles. The summed E-state index contributed by atoms with van der Waals surface area (Å²) in [7, 11) is 1.82. The Morgan fingerprint density at radius 3 is 2.30 bits per heavy atom. The highest BCUT2D eigenvalue weighted by Gasteiger charge is 2.40. The van der Waals surface area contributed by atoms with Crippen LogP contribution < -0.4 is 0 Å². The van der Waals surface area contributed by atoms with Gasteiger partial charge < -0.3 is 4.74 Å². The Bertz CT molecular complexity index is 102. The van der Waals surface area contributed by atoms with Crippen LogP contribution in [-0.2, 0) is 4.74 Å². The quantitative estimate of drug-likeness (QED) is 0.587. The first-order valence-electron chi connectivity index (χ1n) is 4.04. The number of methoxy groups -OCH3 is 1. The lowest BCUT2D eigenvalue weighted by atomic mass is 9.91. The van der Waals surface area contributed by atoms with Gasteiger partial charge in [0, 0.05) is 20.2 Å². The average molecular weight is 143 g/mol. The summed E-state index contributed by atoms with van der Waals surface area (Å²) in [5, 5.41) is 0. The number of rotatable bonds is 3. The van der Waals surface area contributed by atoms with Crippen molar-refractivity contribution in [2.24, 2.45) is 0 Å². The average Bonchev–Trinajstić information content (AvgIpc) is 1.89. The molecular formula is C8H17NO. The number of likely N-dealkylation sites (N-methyl/N-ethyl adjacent to an activating group) is 1. The second kappa shape index (κ2) is 2.89. The van der Waals surface area contributed by atoms with Gasteiger partial charge in [0.05, 0.1) is 5.60 Å². The van der Waals surface area contributed by atoms with Crippen molar-refractivity contribution in [1.82, 2.24) is 4.90 Å². The van der Waals surface area contributed by atoms with Crippen LogP contribution >= 0.6 is 0 Å². The maximum Gasteiger partial charge on any atom is 0.0928 e. The molecule has 0 aliphatic carbocycles. The van der Waals surface area contributed by atoms with E-state index in [2.05, 4.69) is 18.7 Å². The van der Waals surface area contributed by atoms with E-state index in [0.29, 0.717) is 0 Å². The Kier molecular flexibility index (Phi) is 2.32. The third-order valence-electron chi connectivity index (χ3n) is 2.55. The molecule has 1 rings (SSSR count). The molecule has 0 aromatic rings. The van der Waals surface area contributed by atoms with Gasteiger partial charge in [0.15, 0.2) is 0 Å². The largest absolute Gasteiger partial charge is 0.376 e.